The summed E-state index contributed by atoms with van der Waals surface area (Å²) in [6, 6.07) is 13.7. The number of hydrogen-bond acceptors (Lipinski definition) is 5. The molecule has 8 heteroatoms. The van der Waals surface area contributed by atoms with Crippen LogP contribution >= 0.6 is 0 Å². The Labute approximate surface area is 171 Å². The third-order valence-electron chi connectivity index (χ3n) is 5.00. The van der Waals surface area contributed by atoms with Gasteiger partial charge in [0.15, 0.2) is 0 Å². The molecule has 2 aromatic rings. The van der Waals surface area contributed by atoms with Gasteiger partial charge in [-0.2, -0.15) is 4.31 Å². The summed E-state index contributed by atoms with van der Waals surface area (Å²) in [4.78, 5) is 17.7. The van der Waals surface area contributed by atoms with Crippen molar-refractivity contribution in [3.8, 4) is 5.75 Å². The van der Waals surface area contributed by atoms with Crippen LogP contribution < -0.4 is 10.2 Å². The van der Waals surface area contributed by atoms with Gasteiger partial charge in [0, 0.05) is 18.2 Å². The predicted molar refractivity (Wildman–Crippen MR) is 109 cm³/mol. The molecule has 0 aromatic heterocycles. The third kappa shape index (κ3) is 4.95. The number of sulfonamides is 1. The molecule has 0 saturated carbocycles. The van der Waals surface area contributed by atoms with Crippen molar-refractivity contribution < 1.29 is 22.8 Å². The molecule has 3 rings (SSSR count). The van der Waals surface area contributed by atoms with Crippen molar-refractivity contribution in [2.45, 2.75) is 43.7 Å². The van der Waals surface area contributed by atoms with Crippen molar-refractivity contribution in [3.05, 3.63) is 59.7 Å². The van der Waals surface area contributed by atoms with Crippen LogP contribution in [0.15, 0.2) is 53.4 Å². The minimum Gasteiger partial charge on any atom is -0.495 e. The number of carbonyl (C=O) groups excluding carboxylic acids is 1. The minimum atomic E-state index is -3.79. The van der Waals surface area contributed by atoms with Gasteiger partial charge in [0.25, 0.3) is 5.91 Å². The lowest BCUT2D eigenvalue weighted by molar-refractivity contribution is 0.0233. The zero-order chi connectivity index (χ0) is 20.9. The van der Waals surface area contributed by atoms with E-state index < -0.39 is 15.9 Å². The van der Waals surface area contributed by atoms with Gasteiger partial charge in [-0.3, -0.25) is 9.63 Å². The number of nitrogens with one attached hydrogen (secondary N) is 1. The van der Waals surface area contributed by atoms with Crippen LogP contribution in [-0.2, 0) is 21.5 Å². The predicted octanol–water partition coefficient (Wildman–Crippen LogP) is 3.12. The molecule has 7 nitrogen and oxygen atoms in total. The molecular weight excluding hydrogens is 392 g/mol. The van der Waals surface area contributed by atoms with E-state index in [1.54, 1.807) is 0 Å². The van der Waals surface area contributed by atoms with Gasteiger partial charge in [-0.1, -0.05) is 36.8 Å². The average Bonchev–Trinajstić information content (AvgIpc) is 2.74. The fourth-order valence-electron chi connectivity index (χ4n) is 3.39. The average molecular weight is 419 g/mol. The van der Waals surface area contributed by atoms with Gasteiger partial charge in [-0.05, 0) is 43.5 Å². The van der Waals surface area contributed by atoms with Gasteiger partial charge in [-0.15, -0.1) is 0 Å². The van der Waals surface area contributed by atoms with E-state index >= 15 is 0 Å². The van der Waals surface area contributed by atoms with Gasteiger partial charge in [0.05, 0.1) is 13.7 Å². The van der Waals surface area contributed by atoms with Gasteiger partial charge in [0.1, 0.15) is 10.6 Å². The monoisotopic (exact) mass is 418 g/mol. The number of carbonyl (C=O) groups is 1. The Morgan fingerprint density at radius 3 is 2.62 bits per heavy atom. The molecule has 0 bridgehead atoms. The van der Waals surface area contributed by atoms with Crippen LogP contribution in [0.25, 0.3) is 0 Å². The second kappa shape index (κ2) is 9.39. The van der Waals surface area contributed by atoms with Crippen LogP contribution in [-0.4, -0.2) is 38.3 Å². The number of rotatable bonds is 7. The van der Waals surface area contributed by atoms with E-state index in [-0.39, 0.29) is 28.9 Å². The Balaban J connectivity index is 1.78. The minimum absolute atomic E-state index is 0.00976. The van der Waals surface area contributed by atoms with Crippen LogP contribution in [0.3, 0.4) is 0 Å². The largest absolute Gasteiger partial charge is 0.495 e. The lowest BCUT2D eigenvalue weighted by Crippen LogP contribution is -2.42. The third-order valence-corrected chi connectivity index (χ3v) is 7.04. The van der Waals surface area contributed by atoms with Gasteiger partial charge in [0.2, 0.25) is 10.0 Å². The maximum atomic E-state index is 13.2. The highest BCUT2D eigenvalue weighted by molar-refractivity contribution is 7.89. The molecule has 1 heterocycles. The van der Waals surface area contributed by atoms with Crippen molar-refractivity contribution in [2.24, 2.45) is 0 Å². The Bertz CT molecular complexity index is 947. The highest BCUT2D eigenvalue weighted by atomic mass is 32.2. The van der Waals surface area contributed by atoms with E-state index in [0.29, 0.717) is 6.54 Å². The van der Waals surface area contributed by atoms with E-state index in [0.717, 1.165) is 24.8 Å². The maximum absolute atomic E-state index is 13.2. The van der Waals surface area contributed by atoms with Gasteiger partial charge in [-0.25, -0.2) is 13.9 Å². The topological polar surface area (TPSA) is 84.9 Å². The first-order valence-corrected chi connectivity index (χ1v) is 11.0. The molecule has 0 radical (unpaired) electrons. The van der Waals surface area contributed by atoms with E-state index in [2.05, 4.69) is 5.48 Å². The van der Waals surface area contributed by atoms with Crippen LogP contribution in [0.5, 0.6) is 5.75 Å². The second-order valence-electron chi connectivity index (χ2n) is 7.03. The van der Waals surface area contributed by atoms with Gasteiger partial charge < -0.3 is 4.74 Å². The smallest absolute Gasteiger partial charge is 0.274 e. The molecule has 29 heavy (non-hydrogen) atoms. The number of hydroxylamine groups is 1. The number of nitrogens with zero attached hydrogens (tertiary/aromatic N) is 1. The number of hydrogen-bond donors (Lipinski definition) is 1. The summed E-state index contributed by atoms with van der Waals surface area (Å²) in [6.45, 7) is 2.57. The highest BCUT2D eigenvalue weighted by Crippen LogP contribution is 2.31. The van der Waals surface area contributed by atoms with Crippen LogP contribution in [0.1, 0.15) is 42.1 Å². The van der Waals surface area contributed by atoms with E-state index in [1.165, 1.54) is 29.6 Å². The molecule has 1 fully saturated rings. The molecule has 0 spiro atoms. The number of amides is 1. The number of benzene rings is 2. The van der Waals surface area contributed by atoms with Crippen LogP contribution in [0.4, 0.5) is 0 Å². The molecule has 2 aromatic carbocycles. The molecule has 1 amide bonds. The molecule has 1 aliphatic heterocycles. The van der Waals surface area contributed by atoms with E-state index in [9.17, 15) is 13.2 Å². The second-order valence-corrected chi connectivity index (χ2v) is 8.89. The summed E-state index contributed by atoms with van der Waals surface area (Å²) in [6.07, 6.45) is 2.64. The summed E-state index contributed by atoms with van der Waals surface area (Å²) in [5.41, 5.74) is 3.45. The molecule has 0 aliphatic carbocycles. The normalized spacial score (nSPS) is 17.7. The molecule has 1 atom stereocenters. The summed E-state index contributed by atoms with van der Waals surface area (Å²) in [7, 11) is -2.37. The fourth-order valence-corrected chi connectivity index (χ4v) is 5.28. The van der Waals surface area contributed by atoms with Crippen molar-refractivity contribution in [2.75, 3.05) is 13.7 Å². The number of methoxy groups -OCH3 is 1. The summed E-state index contributed by atoms with van der Waals surface area (Å²) in [5, 5.41) is 0. The zero-order valence-corrected chi connectivity index (χ0v) is 17.4. The van der Waals surface area contributed by atoms with E-state index in [1.807, 2.05) is 37.3 Å². The van der Waals surface area contributed by atoms with Crippen molar-refractivity contribution in [3.63, 3.8) is 0 Å². The number of ether oxygens (including phenoxy) is 1. The Morgan fingerprint density at radius 1 is 1.17 bits per heavy atom. The first kappa shape index (κ1) is 21.3. The molecule has 0 unspecified atom stereocenters. The lowest BCUT2D eigenvalue weighted by atomic mass is 10.1. The Kier molecular flexibility index (Phi) is 6.89. The van der Waals surface area contributed by atoms with E-state index in [4.69, 9.17) is 9.57 Å². The Hall–Kier alpha value is -2.42. The molecular formula is C21H26N2O5S. The molecule has 1 saturated heterocycles. The molecule has 1 N–H and O–H groups in total. The van der Waals surface area contributed by atoms with Crippen molar-refractivity contribution >= 4 is 15.9 Å². The Morgan fingerprint density at radius 2 is 1.93 bits per heavy atom. The van der Waals surface area contributed by atoms with Crippen LogP contribution in [0, 0.1) is 0 Å². The summed E-state index contributed by atoms with van der Waals surface area (Å²) >= 11 is 0. The molecule has 156 valence electrons. The zero-order valence-electron chi connectivity index (χ0n) is 16.6. The quantitative estimate of drug-likeness (QED) is 0.699. The fraction of sp³-hybridized carbons (Fsp3) is 0.381. The maximum Gasteiger partial charge on any atom is 0.274 e. The standard InChI is InChI=1S/C21H26N2O5S/c1-16-8-6-7-13-23(16)29(25,26)20-14-18(11-12-19(20)27-2)21(24)22-28-15-17-9-4-3-5-10-17/h3-5,9-12,14,16H,6-8,13,15H2,1-2H3,(H,22,24)/t16-/m0/s1. The van der Waals surface area contributed by atoms with Gasteiger partial charge >= 0.3 is 0 Å². The first-order chi connectivity index (χ1) is 13.9. The molecule has 1 aliphatic rings. The van der Waals surface area contributed by atoms with Crippen molar-refractivity contribution in [1.82, 2.24) is 9.79 Å². The SMILES string of the molecule is COc1ccc(C(=O)NOCc2ccccc2)cc1S(=O)(=O)N1CCCC[C@@H]1C. The lowest BCUT2D eigenvalue weighted by Gasteiger charge is -2.32. The first-order valence-electron chi connectivity index (χ1n) is 9.59. The number of piperidine rings is 1. The summed E-state index contributed by atoms with van der Waals surface area (Å²) in [5.74, 6) is -0.309. The van der Waals surface area contributed by atoms with Crippen LogP contribution in [0.2, 0.25) is 0 Å². The van der Waals surface area contributed by atoms with Crippen molar-refractivity contribution in [1.29, 1.82) is 0 Å². The highest BCUT2D eigenvalue weighted by Gasteiger charge is 2.33. The summed E-state index contributed by atoms with van der Waals surface area (Å²) < 4.78 is 33.2.